The number of anilines is 1. The second-order valence-corrected chi connectivity index (χ2v) is 5.07. The summed E-state index contributed by atoms with van der Waals surface area (Å²) in [7, 11) is 0. The van der Waals surface area contributed by atoms with Crippen LogP contribution in [0.1, 0.15) is 10.4 Å². The summed E-state index contributed by atoms with van der Waals surface area (Å²) < 4.78 is 1.64. The van der Waals surface area contributed by atoms with E-state index in [1.807, 2.05) is 30.5 Å². The third-order valence-electron chi connectivity index (χ3n) is 3.72. The van der Waals surface area contributed by atoms with Gasteiger partial charge in [0.25, 0.3) is 5.91 Å². The molecule has 0 spiro atoms. The number of nitrogens with one attached hydrogen (secondary N) is 1. The first kappa shape index (κ1) is 12.4. The van der Waals surface area contributed by atoms with E-state index in [0.29, 0.717) is 11.2 Å². The van der Waals surface area contributed by atoms with E-state index in [-0.39, 0.29) is 5.56 Å². The summed E-state index contributed by atoms with van der Waals surface area (Å²) >= 11 is 0. The molecule has 3 aromatic heterocycles. The summed E-state index contributed by atoms with van der Waals surface area (Å²) in [6.07, 6.45) is 5.01. The van der Waals surface area contributed by atoms with Crippen LogP contribution in [-0.4, -0.2) is 25.7 Å². The smallest absolute Gasteiger partial charge is 0.252 e. The number of benzene rings is 1. The molecule has 7 heteroatoms. The number of fused-ring (bicyclic) bond motifs is 2. The number of primary amides is 1. The average Bonchev–Trinajstić information content (AvgIpc) is 3.13. The van der Waals surface area contributed by atoms with Crippen molar-refractivity contribution < 1.29 is 4.79 Å². The van der Waals surface area contributed by atoms with Crippen molar-refractivity contribution in [3.05, 3.63) is 48.4 Å². The molecule has 0 bridgehead atoms. The molecule has 108 valence electrons. The molecule has 1 aromatic carbocycles. The van der Waals surface area contributed by atoms with E-state index in [1.54, 1.807) is 10.7 Å². The predicted octanol–water partition coefficient (Wildman–Crippen LogP) is 1.56. The molecule has 4 aromatic rings. The lowest BCUT2D eigenvalue weighted by Gasteiger charge is -2.02. The third-order valence-corrected chi connectivity index (χ3v) is 3.72. The fourth-order valence-electron chi connectivity index (χ4n) is 2.55. The highest BCUT2D eigenvalue weighted by Gasteiger charge is 2.13. The number of H-pyrrole nitrogens is 1. The number of aromatic amines is 1. The van der Waals surface area contributed by atoms with Crippen LogP contribution < -0.4 is 11.5 Å². The van der Waals surface area contributed by atoms with E-state index in [0.717, 1.165) is 22.0 Å². The van der Waals surface area contributed by atoms with Crippen molar-refractivity contribution in [2.75, 3.05) is 5.73 Å². The Kier molecular flexibility index (Phi) is 2.43. The number of carbonyl (C=O) groups is 1. The number of amides is 1. The minimum atomic E-state index is -0.588. The molecule has 0 aliphatic carbocycles. The molecule has 0 fully saturated rings. The van der Waals surface area contributed by atoms with Crippen LogP contribution in [0.15, 0.2) is 42.9 Å². The molecule has 0 aliphatic rings. The second-order valence-electron chi connectivity index (χ2n) is 5.07. The van der Waals surface area contributed by atoms with Crippen molar-refractivity contribution in [3.8, 4) is 11.1 Å². The molecule has 22 heavy (non-hydrogen) atoms. The van der Waals surface area contributed by atoms with Gasteiger partial charge in [-0.3, -0.25) is 9.89 Å². The van der Waals surface area contributed by atoms with Crippen molar-refractivity contribution in [2.24, 2.45) is 5.73 Å². The summed E-state index contributed by atoms with van der Waals surface area (Å²) in [5.74, 6) is -0.588. The van der Waals surface area contributed by atoms with Gasteiger partial charge in [0, 0.05) is 17.1 Å². The highest BCUT2D eigenvalue weighted by Crippen LogP contribution is 2.28. The van der Waals surface area contributed by atoms with Gasteiger partial charge in [-0.15, -0.1) is 0 Å². The maximum Gasteiger partial charge on any atom is 0.252 e. The van der Waals surface area contributed by atoms with Gasteiger partial charge in [0.1, 0.15) is 0 Å². The Bertz CT molecular complexity index is 1030. The van der Waals surface area contributed by atoms with Gasteiger partial charge in [-0.1, -0.05) is 6.07 Å². The van der Waals surface area contributed by atoms with E-state index >= 15 is 0 Å². The number of aromatic nitrogens is 4. The van der Waals surface area contributed by atoms with Crippen LogP contribution in [0.2, 0.25) is 0 Å². The Morgan fingerprint density at radius 3 is 2.86 bits per heavy atom. The van der Waals surface area contributed by atoms with E-state index in [4.69, 9.17) is 11.5 Å². The lowest BCUT2D eigenvalue weighted by molar-refractivity contribution is 0.100. The number of hydrogen-bond acceptors (Lipinski definition) is 4. The summed E-state index contributed by atoms with van der Waals surface area (Å²) in [6, 6.07) is 7.86. The molecule has 0 saturated heterocycles. The highest BCUT2D eigenvalue weighted by atomic mass is 16.1. The Morgan fingerprint density at radius 2 is 2.05 bits per heavy atom. The molecule has 0 radical (unpaired) electrons. The van der Waals surface area contributed by atoms with Crippen molar-refractivity contribution in [1.29, 1.82) is 0 Å². The normalized spacial score (nSPS) is 11.3. The molecule has 3 heterocycles. The van der Waals surface area contributed by atoms with Gasteiger partial charge in [0.15, 0.2) is 0 Å². The van der Waals surface area contributed by atoms with Crippen LogP contribution in [0, 0.1) is 0 Å². The van der Waals surface area contributed by atoms with E-state index < -0.39 is 5.91 Å². The molecule has 0 aliphatic heterocycles. The predicted molar refractivity (Wildman–Crippen MR) is 83.2 cm³/mol. The molecule has 0 atom stereocenters. The lowest BCUT2D eigenvalue weighted by atomic mass is 10.1. The topological polar surface area (TPSA) is 115 Å². The standard InChI is InChI=1S/C15H12N6O/c16-14-11(15(17)22)6-19-21-7-10(4-13(14)21)8-1-2-12-9(3-8)5-18-20-12/h1-7H,16H2,(H2,17,22)(H,18,20). The summed E-state index contributed by atoms with van der Waals surface area (Å²) in [5.41, 5.74) is 15.4. The molecular weight excluding hydrogens is 280 g/mol. The Morgan fingerprint density at radius 1 is 1.18 bits per heavy atom. The lowest BCUT2D eigenvalue weighted by Crippen LogP contribution is -2.15. The summed E-state index contributed by atoms with van der Waals surface area (Å²) in [6.45, 7) is 0. The maximum atomic E-state index is 11.3. The first-order chi connectivity index (χ1) is 10.6. The summed E-state index contributed by atoms with van der Waals surface area (Å²) in [4.78, 5) is 11.3. The zero-order valence-electron chi connectivity index (χ0n) is 11.4. The fourth-order valence-corrected chi connectivity index (χ4v) is 2.55. The molecular formula is C15H12N6O. The van der Waals surface area contributed by atoms with Gasteiger partial charge in [0.05, 0.1) is 34.7 Å². The molecule has 4 rings (SSSR count). The zero-order chi connectivity index (χ0) is 15.3. The molecule has 7 nitrogen and oxygen atoms in total. The van der Waals surface area contributed by atoms with Crippen LogP contribution in [0.5, 0.6) is 0 Å². The van der Waals surface area contributed by atoms with Crippen LogP contribution in [0.3, 0.4) is 0 Å². The van der Waals surface area contributed by atoms with Gasteiger partial charge in [-0.05, 0) is 23.8 Å². The number of hydrogen-bond donors (Lipinski definition) is 3. The van der Waals surface area contributed by atoms with Crippen LogP contribution in [-0.2, 0) is 0 Å². The van der Waals surface area contributed by atoms with Crippen molar-refractivity contribution in [1.82, 2.24) is 19.8 Å². The van der Waals surface area contributed by atoms with Gasteiger partial charge in [-0.2, -0.15) is 10.2 Å². The SMILES string of the molecule is NC(=O)c1cnn2cc(-c3ccc4[nH]ncc4c3)cc2c1N. The number of carbonyl (C=O) groups excluding carboxylic acids is 1. The molecule has 1 amide bonds. The second kappa shape index (κ2) is 4.32. The Balaban J connectivity index is 1.91. The quantitative estimate of drug-likeness (QED) is 0.520. The summed E-state index contributed by atoms with van der Waals surface area (Å²) in [5, 5.41) is 12.1. The molecule has 5 N–H and O–H groups in total. The average molecular weight is 292 g/mol. The van der Waals surface area contributed by atoms with Crippen molar-refractivity contribution in [3.63, 3.8) is 0 Å². The number of nitrogens with two attached hydrogens (primary N) is 2. The van der Waals surface area contributed by atoms with Crippen molar-refractivity contribution >= 4 is 28.0 Å². The highest BCUT2D eigenvalue weighted by molar-refractivity contribution is 6.01. The van der Waals surface area contributed by atoms with E-state index in [2.05, 4.69) is 15.3 Å². The number of nitrogen functional groups attached to an aromatic ring is 1. The minimum Gasteiger partial charge on any atom is -0.396 e. The van der Waals surface area contributed by atoms with Gasteiger partial charge < -0.3 is 11.5 Å². The monoisotopic (exact) mass is 292 g/mol. The van der Waals surface area contributed by atoms with Gasteiger partial charge in [-0.25, -0.2) is 4.52 Å². The number of nitrogens with zero attached hydrogens (tertiary/aromatic N) is 3. The van der Waals surface area contributed by atoms with Crippen LogP contribution >= 0.6 is 0 Å². The molecule has 0 saturated carbocycles. The van der Waals surface area contributed by atoms with E-state index in [1.165, 1.54) is 6.20 Å². The van der Waals surface area contributed by atoms with Crippen LogP contribution in [0.25, 0.3) is 27.5 Å². The first-order valence-electron chi connectivity index (χ1n) is 6.63. The fraction of sp³-hybridized carbons (Fsp3) is 0. The maximum absolute atomic E-state index is 11.3. The molecule has 0 unspecified atom stereocenters. The largest absolute Gasteiger partial charge is 0.396 e. The van der Waals surface area contributed by atoms with Crippen LogP contribution in [0.4, 0.5) is 5.69 Å². The zero-order valence-corrected chi connectivity index (χ0v) is 11.4. The first-order valence-corrected chi connectivity index (χ1v) is 6.63. The minimum absolute atomic E-state index is 0.224. The Labute approximate surface area is 124 Å². The number of rotatable bonds is 2. The van der Waals surface area contributed by atoms with Crippen molar-refractivity contribution in [2.45, 2.75) is 0 Å². The Hall–Kier alpha value is -3.35. The van der Waals surface area contributed by atoms with Gasteiger partial charge >= 0.3 is 0 Å². The van der Waals surface area contributed by atoms with E-state index in [9.17, 15) is 4.79 Å². The van der Waals surface area contributed by atoms with Gasteiger partial charge in [0.2, 0.25) is 0 Å². The third kappa shape index (κ3) is 1.72.